The number of ether oxygens (including phenoxy) is 1. The zero-order valence-corrected chi connectivity index (χ0v) is 13.3. The van der Waals surface area contributed by atoms with Crippen molar-refractivity contribution in [2.24, 2.45) is 0 Å². The van der Waals surface area contributed by atoms with Crippen molar-refractivity contribution < 1.29 is 4.74 Å². The molecule has 1 aromatic carbocycles. The van der Waals surface area contributed by atoms with E-state index in [0.717, 1.165) is 56.4 Å². The standard InChI is InChI=1S/C18H22N4O/c1-2-5-14(6-3-1)23-13-17-20-16-8-4-7-15(16)18(21-17)22-11-9-19-10-12-22/h1-3,5-6,19H,4,7-13H2. The van der Waals surface area contributed by atoms with Crippen LogP contribution in [-0.4, -0.2) is 36.1 Å². The van der Waals surface area contributed by atoms with Gasteiger partial charge in [0.15, 0.2) is 5.82 Å². The second kappa shape index (κ2) is 6.54. The summed E-state index contributed by atoms with van der Waals surface area (Å²) >= 11 is 0. The number of aromatic nitrogens is 2. The summed E-state index contributed by atoms with van der Waals surface area (Å²) in [5.74, 6) is 2.80. The van der Waals surface area contributed by atoms with Crippen LogP contribution < -0.4 is 15.0 Å². The quantitative estimate of drug-likeness (QED) is 0.935. The summed E-state index contributed by atoms with van der Waals surface area (Å²) in [6.07, 6.45) is 3.36. The van der Waals surface area contributed by atoms with Crippen LogP contribution in [0.15, 0.2) is 30.3 Å². The van der Waals surface area contributed by atoms with Gasteiger partial charge in [-0.1, -0.05) is 18.2 Å². The molecule has 1 N–H and O–H groups in total. The van der Waals surface area contributed by atoms with Gasteiger partial charge < -0.3 is 15.0 Å². The van der Waals surface area contributed by atoms with E-state index in [9.17, 15) is 0 Å². The number of hydrogen-bond acceptors (Lipinski definition) is 5. The van der Waals surface area contributed by atoms with E-state index >= 15 is 0 Å². The van der Waals surface area contributed by atoms with Gasteiger partial charge in [0.1, 0.15) is 18.2 Å². The van der Waals surface area contributed by atoms with Crippen molar-refractivity contribution in [2.45, 2.75) is 25.9 Å². The lowest BCUT2D eigenvalue weighted by molar-refractivity contribution is 0.295. The second-order valence-electron chi connectivity index (χ2n) is 6.08. The molecule has 2 heterocycles. The van der Waals surface area contributed by atoms with Crippen molar-refractivity contribution >= 4 is 5.82 Å². The van der Waals surface area contributed by atoms with Crippen LogP contribution in [-0.2, 0) is 19.4 Å². The maximum Gasteiger partial charge on any atom is 0.168 e. The molecule has 1 aliphatic carbocycles. The smallest absolute Gasteiger partial charge is 0.168 e. The molecular weight excluding hydrogens is 288 g/mol. The van der Waals surface area contributed by atoms with Gasteiger partial charge in [0.25, 0.3) is 0 Å². The molecule has 2 aliphatic rings. The Morgan fingerprint density at radius 2 is 1.87 bits per heavy atom. The van der Waals surface area contributed by atoms with Gasteiger partial charge in [0.2, 0.25) is 0 Å². The van der Waals surface area contributed by atoms with Gasteiger partial charge in [-0.25, -0.2) is 9.97 Å². The van der Waals surface area contributed by atoms with Crippen LogP contribution in [0.4, 0.5) is 5.82 Å². The molecule has 23 heavy (non-hydrogen) atoms. The third kappa shape index (κ3) is 3.15. The number of para-hydroxylation sites is 1. The van der Waals surface area contributed by atoms with E-state index in [2.05, 4.69) is 10.2 Å². The van der Waals surface area contributed by atoms with Crippen molar-refractivity contribution in [1.29, 1.82) is 0 Å². The molecule has 0 saturated carbocycles. The molecule has 5 heteroatoms. The van der Waals surface area contributed by atoms with E-state index in [0.29, 0.717) is 6.61 Å². The molecule has 1 aliphatic heterocycles. The van der Waals surface area contributed by atoms with E-state index < -0.39 is 0 Å². The van der Waals surface area contributed by atoms with Gasteiger partial charge in [-0.15, -0.1) is 0 Å². The number of nitrogens with one attached hydrogen (secondary N) is 1. The highest BCUT2D eigenvalue weighted by Gasteiger charge is 2.23. The molecule has 0 bridgehead atoms. The first-order chi connectivity index (χ1) is 11.4. The second-order valence-corrected chi connectivity index (χ2v) is 6.08. The Hall–Kier alpha value is -2.14. The molecule has 0 amide bonds. The van der Waals surface area contributed by atoms with Crippen molar-refractivity contribution in [3.63, 3.8) is 0 Å². The van der Waals surface area contributed by atoms with Gasteiger partial charge in [-0.05, 0) is 31.4 Å². The zero-order chi connectivity index (χ0) is 15.5. The SMILES string of the molecule is c1ccc(OCc2nc3c(c(N4CCNCC4)n2)CCC3)cc1. The van der Waals surface area contributed by atoms with E-state index in [1.54, 1.807) is 0 Å². The number of hydrogen-bond donors (Lipinski definition) is 1. The number of nitrogens with zero attached hydrogens (tertiary/aromatic N) is 3. The summed E-state index contributed by atoms with van der Waals surface area (Å²) in [6, 6.07) is 9.87. The van der Waals surface area contributed by atoms with Gasteiger partial charge in [0, 0.05) is 37.4 Å². The number of rotatable bonds is 4. The minimum atomic E-state index is 0.427. The van der Waals surface area contributed by atoms with E-state index in [1.165, 1.54) is 17.7 Å². The average molecular weight is 310 g/mol. The predicted octanol–water partition coefficient (Wildman–Crippen LogP) is 1.95. The van der Waals surface area contributed by atoms with Crippen molar-refractivity contribution in [3.8, 4) is 5.75 Å². The first-order valence-corrected chi connectivity index (χ1v) is 8.42. The molecule has 0 unspecified atom stereocenters. The topological polar surface area (TPSA) is 50.3 Å². The molecule has 5 nitrogen and oxygen atoms in total. The molecule has 1 aromatic heterocycles. The number of piperazine rings is 1. The summed E-state index contributed by atoms with van der Waals surface area (Å²) in [6.45, 7) is 4.50. The van der Waals surface area contributed by atoms with E-state index in [-0.39, 0.29) is 0 Å². The summed E-state index contributed by atoms with van der Waals surface area (Å²) in [5, 5.41) is 3.40. The number of aryl methyl sites for hydroxylation is 1. The third-order valence-corrected chi connectivity index (χ3v) is 4.49. The minimum absolute atomic E-state index is 0.427. The molecule has 4 rings (SSSR count). The first kappa shape index (κ1) is 14.5. The maximum absolute atomic E-state index is 5.84. The van der Waals surface area contributed by atoms with Crippen LogP contribution in [0.3, 0.4) is 0 Å². The predicted molar refractivity (Wildman–Crippen MR) is 89.9 cm³/mol. The molecule has 1 fully saturated rings. The fourth-order valence-electron chi connectivity index (χ4n) is 3.33. The van der Waals surface area contributed by atoms with Crippen LogP contribution in [0.2, 0.25) is 0 Å². The first-order valence-electron chi connectivity index (χ1n) is 8.42. The Balaban J connectivity index is 1.57. The number of benzene rings is 1. The maximum atomic E-state index is 5.84. The Morgan fingerprint density at radius 3 is 2.70 bits per heavy atom. The molecular formula is C18H22N4O. The third-order valence-electron chi connectivity index (χ3n) is 4.49. The van der Waals surface area contributed by atoms with Gasteiger partial charge in [-0.3, -0.25) is 0 Å². The largest absolute Gasteiger partial charge is 0.486 e. The van der Waals surface area contributed by atoms with E-state index in [1.807, 2.05) is 30.3 Å². The Morgan fingerprint density at radius 1 is 1.04 bits per heavy atom. The van der Waals surface area contributed by atoms with Gasteiger partial charge >= 0.3 is 0 Å². The molecule has 1 saturated heterocycles. The summed E-state index contributed by atoms with van der Waals surface area (Å²) in [7, 11) is 0. The zero-order valence-electron chi connectivity index (χ0n) is 13.3. The van der Waals surface area contributed by atoms with E-state index in [4.69, 9.17) is 14.7 Å². The molecule has 0 radical (unpaired) electrons. The highest BCUT2D eigenvalue weighted by Crippen LogP contribution is 2.29. The van der Waals surface area contributed by atoms with Crippen LogP contribution in [0, 0.1) is 0 Å². The monoisotopic (exact) mass is 310 g/mol. The fraction of sp³-hybridized carbons (Fsp3) is 0.444. The normalized spacial score (nSPS) is 17.1. The Labute approximate surface area is 136 Å². The van der Waals surface area contributed by atoms with Crippen molar-refractivity contribution in [2.75, 3.05) is 31.1 Å². The highest BCUT2D eigenvalue weighted by molar-refractivity contribution is 5.51. The van der Waals surface area contributed by atoms with Crippen molar-refractivity contribution in [1.82, 2.24) is 15.3 Å². The summed E-state index contributed by atoms with van der Waals surface area (Å²) < 4.78 is 5.84. The lowest BCUT2D eigenvalue weighted by Gasteiger charge is -2.30. The van der Waals surface area contributed by atoms with Crippen LogP contribution in [0.1, 0.15) is 23.5 Å². The Bertz CT molecular complexity index is 668. The highest BCUT2D eigenvalue weighted by atomic mass is 16.5. The molecule has 120 valence electrons. The van der Waals surface area contributed by atoms with Crippen LogP contribution in [0.25, 0.3) is 0 Å². The minimum Gasteiger partial charge on any atom is -0.486 e. The molecule has 0 atom stereocenters. The summed E-state index contributed by atoms with van der Waals surface area (Å²) in [5.41, 5.74) is 2.58. The van der Waals surface area contributed by atoms with Crippen LogP contribution in [0.5, 0.6) is 5.75 Å². The summed E-state index contributed by atoms with van der Waals surface area (Å²) in [4.78, 5) is 12.0. The van der Waals surface area contributed by atoms with Gasteiger partial charge in [-0.2, -0.15) is 0 Å². The Kier molecular flexibility index (Phi) is 4.11. The molecule has 0 spiro atoms. The lowest BCUT2D eigenvalue weighted by Crippen LogP contribution is -2.44. The van der Waals surface area contributed by atoms with Crippen LogP contribution >= 0.6 is 0 Å². The lowest BCUT2D eigenvalue weighted by atomic mass is 10.2. The molecule has 2 aromatic rings. The number of anilines is 1. The van der Waals surface area contributed by atoms with Gasteiger partial charge in [0.05, 0.1) is 0 Å². The average Bonchev–Trinajstić information content (AvgIpc) is 3.09. The fourth-order valence-corrected chi connectivity index (χ4v) is 3.33. The van der Waals surface area contributed by atoms with Crippen molar-refractivity contribution in [3.05, 3.63) is 47.4 Å². The number of fused-ring (bicyclic) bond motifs is 1.